The molecule has 0 aliphatic carbocycles. The Labute approximate surface area is 253 Å². The molecule has 13 heteroatoms. The van der Waals surface area contributed by atoms with E-state index in [2.05, 4.69) is 23.7 Å². The van der Waals surface area contributed by atoms with Gasteiger partial charge in [0.1, 0.15) is 0 Å². The Balaban J connectivity index is 4.39. The van der Waals surface area contributed by atoms with Gasteiger partial charge in [0.25, 0.3) is 0 Å². The number of rotatable bonds is 30. The Bertz CT molecular complexity index is 534. The van der Waals surface area contributed by atoms with E-state index >= 15 is 0 Å². The third-order valence-electron chi connectivity index (χ3n) is 7.69. The second kappa shape index (κ2) is 24.9. The topological polar surface area (TPSA) is 88.7 Å². The van der Waals surface area contributed by atoms with Gasteiger partial charge in [0.05, 0.1) is 9.52 Å². The van der Waals surface area contributed by atoms with Crippen LogP contribution in [0, 0.1) is 0 Å². The van der Waals surface area contributed by atoms with Crippen LogP contribution in [-0.2, 0) is 31.0 Å². The molecule has 0 rings (SSSR count). The summed E-state index contributed by atoms with van der Waals surface area (Å²) in [7, 11) is 0.353. The van der Waals surface area contributed by atoms with Crippen molar-refractivity contribution in [3.05, 3.63) is 0 Å². The second-order valence-electron chi connectivity index (χ2n) is 10.7. The largest absolute Gasteiger partial charge is 0.500 e. The Hall–Kier alpha value is 0.508. The van der Waals surface area contributed by atoms with Gasteiger partial charge in [-0.1, -0.05) is 38.1 Å². The summed E-state index contributed by atoms with van der Waals surface area (Å²) in [5.74, 6) is 0.463. The van der Waals surface area contributed by atoms with Gasteiger partial charge in [-0.3, -0.25) is 0 Å². The van der Waals surface area contributed by atoms with Crippen LogP contribution in [0.1, 0.15) is 72.1 Å². The lowest BCUT2D eigenvalue weighted by atomic mass is 10.1. The van der Waals surface area contributed by atoms with Crippen LogP contribution in [0.5, 0.6) is 0 Å². The molecule has 0 heterocycles. The maximum Gasteiger partial charge on any atom is 0.500 e. The number of hydrogen-bond donors (Lipinski definition) is 2. The van der Waals surface area contributed by atoms with Crippen LogP contribution in [0.25, 0.3) is 0 Å². The standard InChI is InChI=1S/C27H66N2O7Si4/c1-10-34-40(35-11-2,36-12-3)26-18-16-14-13-15-17-23-37-27(28-21-19-24-38(8,30-4)31-5)29-22-20-25-39(9,32-6)33-7/h27-29H,10-26,37H2,1-9H3. The zero-order valence-corrected chi connectivity index (χ0v) is 32.1. The lowest BCUT2D eigenvalue weighted by molar-refractivity contribution is 0.0706. The first kappa shape index (κ1) is 40.5. The molecule has 0 saturated carbocycles. The zero-order valence-electron chi connectivity index (χ0n) is 27.7. The Kier molecular flexibility index (Phi) is 25.2. The molecule has 0 spiro atoms. The highest BCUT2D eigenvalue weighted by molar-refractivity contribution is 6.66. The normalized spacial score (nSPS) is 13.3. The molecule has 0 aliphatic heterocycles. The van der Waals surface area contributed by atoms with Crippen LogP contribution in [0.4, 0.5) is 0 Å². The van der Waals surface area contributed by atoms with E-state index in [0.717, 1.165) is 50.5 Å². The smallest absolute Gasteiger partial charge is 0.398 e. The van der Waals surface area contributed by atoms with E-state index in [9.17, 15) is 0 Å². The fourth-order valence-electron chi connectivity index (χ4n) is 4.80. The van der Waals surface area contributed by atoms with Crippen molar-refractivity contribution in [3.8, 4) is 0 Å². The van der Waals surface area contributed by atoms with Gasteiger partial charge >= 0.3 is 25.9 Å². The van der Waals surface area contributed by atoms with E-state index in [1.807, 2.05) is 20.8 Å². The molecule has 0 aromatic heterocycles. The predicted molar refractivity (Wildman–Crippen MR) is 176 cm³/mol. The minimum Gasteiger partial charge on any atom is -0.398 e. The van der Waals surface area contributed by atoms with Crippen molar-refractivity contribution in [2.45, 2.75) is 115 Å². The van der Waals surface area contributed by atoms with Crippen molar-refractivity contribution in [1.29, 1.82) is 0 Å². The first-order valence-electron chi connectivity index (χ1n) is 15.8. The quantitative estimate of drug-likeness (QED) is 0.0643. The van der Waals surface area contributed by atoms with Gasteiger partial charge in [-0.2, -0.15) is 0 Å². The van der Waals surface area contributed by atoms with Gasteiger partial charge in [0.2, 0.25) is 0 Å². The summed E-state index contributed by atoms with van der Waals surface area (Å²) in [4.78, 5) is 0. The van der Waals surface area contributed by atoms with Crippen LogP contribution in [0.15, 0.2) is 0 Å². The van der Waals surface area contributed by atoms with Crippen LogP contribution < -0.4 is 10.6 Å². The third kappa shape index (κ3) is 18.9. The van der Waals surface area contributed by atoms with Gasteiger partial charge < -0.3 is 41.6 Å². The molecule has 242 valence electrons. The van der Waals surface area contributed by atoms with E-state index in [-0.39, 0.29) is 9.52 Å². The van der Waals surface area contributed by atoms with E-state index in [0.29, 0.717) is 25.6 Å². The minimum absolute atomic E-state index is 0.269. The van der Waals surface area contributed by atoms with Crippen LogP contribution >= 0.6 is 0 Å². The molecule has 0 atom stereocenters. The summed E-state index contributed by atoms with van der Waals surface area (Å²) in [6, 6.07) is 4.32. The highest BCUT2D eigenvalue weighted by atomic mass is 28.4. The summed E-state index contributed by atoms with van der Waals surface area (Å²) in [5.41, 5.74) is 0. The number of hydrogen-bond acceptors (Lipinski definition) is 9. The van der Waals surface area contributed by atoms with Crippen molar-refractivity contribution < 1.29 is 31.0 Å². The molecular formula is C27H66N2O7Si4. The van der Waals surface area contributed by atoms with Crippen molar-refractivity contribution >= 4 is 35.4 Å². The number of nitrogens with one attached hydrogen (secondary N) is 2. The maximum absolute atomic E-state index is 5.98. The highest BCUT2D eigenvalue weighted by Gasteiger charge is 2.39. The highest BCUT2D eigenvalue weighted by Crippen LogP contribution is 2.21. The average molecular weight is 643 g/mol. The first-order chi connectivity index (χ1) is 19.2. The second-order valence-corrected chi connectivity index (χ2v) is 22.7. The predicted octanol–water partition coefficient (Wildman–Crippen LogP) is 4.94. The molecule has 0 bridgehead atoms. The van der Waals surface area contributed by atoms with Crippen molar-refractivity contribution in [3.63, 3.8) is 0 Å². The number of unbranched alkanes of at least 4 members (excludes halogenated alkanes) is 5. The zero-order chi connectivity index (χ0) is 30.2. The van der Waals surface area contributed by atoms with Crippen molar-refractivity contribution in [2.24, 2.45) is 0 Å². The SMILES string of the molecule is CCO[Si](CCCCCCCC[SiH2]C(NCCC[Si](C)(OC)OC)NCCC[Si](C)(OC)OC)(OCC)OCC. The molecular weight excluding hydrogens is 577 g/mol. The van der Waals surface area contributed by atoms with Gasteiger partial charge in [-0.05, 0) is 78.3 Å². The van der Waals surface area contributed by atoms with Crippen molar-refractivity contribution in [1.82, 2.24) is 10.6 Å². The van der Waals surface area contributed by atoms with Gasteiger partial charge in [0.15, 0.2) is 0 Å². The molecule has 0 saturated heterocycles. The molecule has 9 nitrogen and oxygen atoms in total. The van der Waals surface area contributed by atoms with Crippen LogP contribution in [-0.4, -0.2) is 103 Å². The summed E-state index contributed by atoms with van der Waals surface area (Å²) >= 11 is 0. The Morgan fingerprint density at radius 1 is 0.550 bits per heavy atom. The van der Waals surface area contributed by atoms with E-state index < -0.39 is 25.9 Å². The average Bonchev–Trinajstić information content (AvgIpc) is 2.96. The van der Waals surface area contributed by atoms with Gasteiger partial charge in [0, 0.05) is 60.1 Å². The van der Waals surface area contributed by atoms with Crippen LogP contribution in [0.3, 0.4) is 0 Å². The monoisotopic (exact) mass is 642 g/mol. The molecule has 0 aromatic carbocycles. The fourth-order valence-corrected chi connectivity index (χ4v) is 12.1. The molecule has 0 unspecified atom stereocenters. The molecule has 2 N–H and O–H groups in total. The molecule has 0 amide bonds. The van der Waals surface area contributed by atoms with E-state index in [1.54, 1.807) is 28.4 Å². The molecule has 0 fully saturated rings. The molecule has 0 radical (unpaired) electrons. The lowest BCUT2D eigenvalue weighted by Gasteiger charge is -2.28. The molecule has 0 aliphatic rings. The Morgan fingerprint density at radius 3 is 1.35 bits per heavy atom. The molecule has 40 heavy (non-hydrogen) atoms. The summed E-state index contributed by atoms with van der Waals surface area (Å²) < 4.78 is 40.5. The summed E-state index contributed by atoms with van der Waals surface area (Å²) in [5, 5.41) is 7.62. The molecule has 0 aromatic rings. The van der Waals surface area contributed by atoms with Crippen LogP contribution in [0.2, 0.25) is 37.3 Å². The van der Waals surface area contributed by atoms with E-state index in [1.165, 1.54) is 38.1 Å². The van der Waals surface area contributed by atoms with Crippen molar-refractivity contribution in [2.75, 3.05) is 61.3 Å². The summed E-state index contributed by atoms with van der Waals surface area (Å²) in [6.07, 6.45) is 9.74. The van der Waals surface area contributed by atoms with E-state index in [4.69, 9.17) is 31.0 Å². The summed E-state index contributed by atoms with van der Waals surface area (Å²) in [6.45, 7) is 14.3. The maximum atomic E-state index is 5.98. The first-order valence-corrected chi connectivity index (χ1v) is 24.6. The minimum atomic E-state index is -2.48. The Morgan fingerprint density at radius 2 is 0.950 bits per heavy atom. The van der Waals surface area contributed by atoms with Gasteiger partial charge in [-0.25, -0.2) is 0 Å². The fraction of sp³-hybridized carbons (Fsp3) is 1.00. The van der Waals surface area contributed by atoms with Gasteiger partial charge in [-0.15, -0.1) is 0 Å². The lowest BCUT2D eigenvalue weighted by Crippen LogP contribution is -2.48. The third-order valence-corrected chi connectivity index (χ3v) is 18.9.